The van der Waals surface area contributed by atoms with Gasteiger partial charge in [0.2, 0.25) is 0 Å². The number of allylic oxidation sites excluding steroid dienone is 1. The van der Waals surface area contributed by atoms with Crippen molar-refractivity contribution in [1.82, 2.24) is 5.32 Å². The quantitative estimate of drug-likeness (QED) is 0.480. The molecule has 0 saturated heterocycles. The van der Waals surface area contributed by atoms with Gasteiger partial charge in [-0.05, 0) is 45.1 Å². The summed E-state index contributed by atoms with van der Waals surface area (Å²) in [5.74, 6) is 0. The van der Waals surface area contributed by atoms with E-state index in [1.54, 1.807) is 5.57 Å². The first kappa shape index (κ1) is 13.7. The summed E-state index contributed by atoms with van der Waals surface area (Å²) in [6.07, 6.45) is 11.5. The van der Waals surface area contributed by atoms with Crippen molar-refractivity contribution in [3.8, 4) is 0 Å². The van der Waals surface area contributed by atoms with E-state index in [1.165, 1.54) is 44.9 Å². The minimum atomic E-state index is 0.860. The van der Waals surface area contributed by atoms with Gasteiger partial charge in [-0.3, -0.25) is 0 Å². The number of rotatable bonds is 9. The van der Waals surface area contributed by atoms with Crippen molar-refractivity contribution >= 4 is 0 Å². The Bertz CT molecular complexity index is 189. The Labute approximate surface area is 100 Å². The third-order valence-electron chi connectivity index (χ3n) is 3.07. The van der Waals surface area contributed by atoms with Gasteiger partial charge in [0.05, 0.1) is 6.61 Å². The maximum absolute atomic E-state index is 5.49. The van der Waals surface area contributed by atoms with Crippen LogP contribution in [-0.4, -0.2) is 26.3 Å². The number of nitrogens with one attached hydrogen (secondary N) is 1. The molecule has 94 valence electrons. The lowest BCUT2D eigenvalue weighted by Gasteiger charge is -2.12. The van der Waals surface area contributed by atoms with E-state index >= 15 is 0 Å². The van der Waals surface area contributed by atoms with E-state index in [0.717, 1.165) is 26.3 Å². The molecule has 0 aromatic carbocycles. The van der Waals surface area contributed by atoms with E-state index in [1.807, 2.05) is 0 Å². The zero-order valence-corrected chi connectivity index (χ0v) is 10.8. The van der Waals surface area contributed by atoms with Crippen LogP contribution in [0.2, 0.25) is 0 Å². The summed E-state index contributed by atoms with van der Waals surface area (Å²) in [5.41, 5.74) is 1.66. The number of hydrogen-bond acceptors (Lipinski definition) is 2. The number of ether oxygens (including phenoxy) is 1. The minimum absolute atomic E-state index is 0.860. The van der Waals surface area contributed by atoms with Gasteiger partial charge in [0, 0.05) is 13.2 Å². The summed E-state index contributed by atoms with van der Waals surface area (Å²) in [6, 6.07) is 0. The second kappa shape index (κ2) is 9.86. The Hall–Kier alpha value is -0.340. The van der Waals surface area contributed by atoms with Crippen molar-refractivity contribution < 1.29 is 4.74 Å². The maximum Gasteiger partial charge on any atom is 0.0590 e. The minimum Gasteiger partial charge on any atom is -0.380 e. The maximum atomic E-state index is 5.49. The highest BCUT2D eigenvalue weighted by atomic mass is 16.5. The van der Waals surface area contributed by atoms with Gasteiger partial charge in [-0.2, -0.15) is 0 Å². The van der Waals surface area contributed by atoms with Crippen LogP contribution >= 0.6 is 0 Å². The third kappa shape index (κ3) is 7.02. The Balaban J connectivity index is 1.82. The summed E-state index contributed by atoms with van der Waals surface area (Å²) >= 11 is 0. The molecule has 0 fully saturated rings. The molecule has 0 amide bonds. The summed E-state index contributed by atoms with van der Waals surface area (Å²) in [7, 11) is 0. The second-order valence-electron chi connectivity index (χ2n) is 4.57. The highest BCUT2D eigenvalue weighted by Gasteiger charge is 2.02. The SMILES string of the molecule is CCCCOCCNCCC1=CCCCC1. The Morgan fingerprint density at radius 1 is 1.25 bits per heavy atom. The van der Waals surface area contributed by atoms with Crippen molar-refractivity contribution in [3.05, 3.63) is 11.6 Å². The molecule has 1 N–H and O–H groups in total. The van der Waals surface area contributed by atoms with Gasteiger partial charge >= 0.3 is 0 Å². The fraction of sp³-hybridized carbons (Fsp3) is 0.857. The van der Waals surface area contributed by atoms with Crippen LogP contribution < -0.4 is 5.32 Å². The predicted molar refractivity (Wildman–Crippen MR) is 69.8 cm³/mol. The average Bonchev–Trinajstić information content (AvgIpc) is 2.34. The Morgan fingerprint density at radius 3 is 2.94 bits per heavy atom. The molecule has 0 radical (unpaired) electrons. The molecular formula is C14H27NO. The van der Waals surface area contributed by atoms with Crippen LogP contribution in [0, 0.1) is 0 Å². The van der Waals surface area contributed by atoms with Crippen molar-refractivity contribution in [1.29, 1.82) is 0 Å². The fourth-order valence-corrected chi connectivity index (χ4v) is 2.00. The highest BCUT2D eigenvalue weighted by Crippen LogP contribution is 2.19. The lowest BCUT2D eigenvalue weighted by molar-refractivity contribution is 0.133. The topological polar surface area (TPSA) is 21.3 Å². The molecule has 0 aliphatic heterocycles. The molecule has 0 unspecified atom stereocenters. The monoisotopic (exact) mass is 225 g/mol. The molecule has 0 bridgehead atoms. The van der Waals surface area contributed by atoms with Gasteiger partial charge in [0.15, 0.2) is 0 Å². The zero-order valence-electron chi connectivity index (χ0n) is 10.8. The highest BCUT2D eigenvalue weighted by molar-refractivity contribution is 5.05. The smallest absolute Gasteiger partial charge is 0.0590 e. The second-order valence-corrected chi connectivity index (χ2v) is 4.57. The Morgan fingerprint density at radius 2 is 2.19 bits per heavy atom. The summed E-state index contributed by atoms with van der Waals surface area (Å²) in [5, 5.41) is 3.44. The molecule has 1 aliphatic rings. The van der Waals surface area contributed by atoms with E-state index in [4.69, 9.17) is 4.74 Å². The largest absolute Gasteiger partial charge is 0.380 e. The van der Waals surface area contributed by atoms with Crippen LogP contribution in [0.15, 0.2) is 11.6 Å². The van der Waals surface area contributed by atoms with Gasteiger partial charge in [-0.1, -0.05) is 25.0 Å². The molecule has 2 heteroatoms. The van der Waals surface area contributed by atoms with E-state index in [2.05, 4.69) is 18.3 Å². The first-order valence-corrected chi connectivity index (χ1v) is 6.90. The summed E-state index contributed by atoms with van der Waals surface area (Å²) < 4.78 is 5.49. The predicted octanol–water partition coefficient (Wildman–Crippen LogP) is 3.28. The average molecular weight is 225 g/mol. The van der Waals surface area contributed by atoms with Gasteiger partial charge < -0.3 is 10.1 Å². The molecule has 0 spiro atoms. The van der Waals surface area contributed by atoms with Gasteiger partial charge in [-0.25, -0.2) is 0 Å². The van der Waals surface area contributed by atoms with Crippen LogP contribution in [0.4, 0.5) is 0 Å². The van der Waals surface area contributed by atoms with E-state index in [0.29, 0.717) is 0 Å². The van der Waals surface area contributed by atoms with Crippen molar-refractivity contribution in [2.75, 3.05) is 26.3 Å². The normalized spacial score (nSPS) is 16.2. The summed E-state index contributed by atoms with van der Waals surface area (Å²) in [6.45, 7) is 6.09. The van der Waals surface area contributed by atoms with E-state index in [9.17, 15) is 0 Å². The van der Waals surface area contributed by atoms with Gasteiger partial charge in [-0.15, -0.1) is 0 Å². The third-order valence-corrected chi connectivity index (χ3v) is 3.07. The van der Waals surface area contributed by atoms with Crippen molar-refractivity contribution in [2.45, 2.75) is 51.9 Å². The Kier molecular flexibility index (Phi) is 8.45. The fourth-order valence-electron chi connectivity index (χ4n) is 2.00. The van der Waals surface area contributed by atoms with Gasteiger partial charge in [0.25, 0.3) is 0 Å². The molecule has 0 saturated carbocycles. The number of unbranched alkanes of at least 4 members (excludes halogenated alkanes) is 1. The van der Waals surface area contributed by atoms with E-state index < -0.39 is 0 Å². The van der Waals surface area contributed by atoms with Crippen LogP contribution in [0.3, 0.4) is 0 Å². The lowest BCUT2D eigenvalue weighted by atomic mass is 9.97. The standard InChI is InChI=1S/C14H27NO/c1-2-3-12-16-13-11-15-10-9-14-7-5-4-6-8-14/h7,15H,2-6,8-13H2,1H3. The van der Waals surface area contributed by atoms with E-state index in [-0.39, 0.29) is 0 Å². The van der Waals surface area contributed by atoms with Gasteiger partial charge in [0.1, 0.15) is 0 Å². The zero-order chi connectivity index (χ0) is 11.5. The first-order chi connectivity index (χ1) is 7.93. The molecular weight excluding hydrogens is 198 g/mol. The van der Waals surface area contributed by atoms with Crippen LogP contribution in [0.25, 0.3) is 0 Å². The molecule has 1 rings (SSSR count). The van der Waals surface area contributed by atoms with Crippen molar-refractivity contribution in [3.63, 3.8) is 0 Å². The molecule has 2 nitrogen and oxygen atoms in total. The molecule has 0 aromatic heterocycles. The lowest BCUT2D eigenvalue weighted by Crippen LogP contribution is -2.21. The van der Waals surface area contributed by atoms with Crippen LogP contribution in [0.5, 0.6) is 0 Å². The molecule has 0 aromatic rings. The first-order valence-electron chi connectivity index (χ1n) is 6.90. The number of hydrogen-bond donors (Lipinski definition) is 1. The molecule has 0 atom stereocenters. The van der Waals surface area contributed by atoms with Crippen molar-refractivity contribution in [2.24, 2.45) is 0 Å². The van der Waals surface area contributed by atoms with Crippen LogP contribution in [-0.2, 0) is 4.74 Å². The molecule has 16 heavy (non-hydrogen) atoms. The summed E-state index contributed by atoms with van der Waals surface area (Å²) in [4.78, 5) is 0. The molecule has 0 heterocycles. The molecule has 1 aliphatic carbocycles. The van der Waals surface area contributed by atoms with Crippen LogP contribution in [0.1, 0.15) is 51.9 Å².